The lowest BCUT2D eigenvalue weighted by atomic mass is 10.1. The van der Waals surface area contributed by atoms with Crippen molar-refractivity contribution in [2.75, 3.05) is 6.61 Å². The van der Waals surface area contributed by atoms with Crippen LogP contribution in [0.25, 0.3) is 0 Å². The Hall–Kier alpha value is -1.58. The van der Waals surface area contributed by atoms with Gasteiger partial charge in [0.15, 0.2) is 0 Å². The van der Waals surface area contributed by atoms with Gasteiger partial charge in [0.25, 0.3) is 0 Å². The summed E-state index contributed by atoms with van der Waals surface area (Å²) in [6, 6.07) is 0. The number of esters is 2. The first-order valence-corrected chi connectivity index (χ1v) is 18.7. The van der Waals surface area contributed by atoms with Gasteiger partial charge < -0.3 is 9.47 Å². The van der Waals surface area contributed by atoms with E-state index >= 15 is 0 Å². The molecule has 1 atom stereocenters. The van der Waals surface area contributed by atoms with Gasteiger partial charge in [-0.15, -0.1) is 0 Å². The van der Waals surface area contributed by atoms with Crippen LogP contribution in [0.5, 0.6) is 0 Å². The molecule has 0 aromatic rings. The fourth-order valence-electron chi connectivity index (χ4n) is 5.28. The SMILES string of the molecule is CCCCC/C=C/CCCCCCCCCCC(=O)OC[C@H](C)OC(=O)CCCCCCC/C=C/CCCCCCCC. The molecular formula is C39H72O4. The van der Waals surface area contributed by atoms with Crippen molar-refractivity contribution in [3.8, 4) is 0 Å². The van der Waals surface area contributed by atoms with Gasteiger partial charge in [0.1, 0.15) is 12.7 Å². The Labute approximate surface area is 268 Å². The van der Waals surface area contributed by atoms with Crippen molar-refractivity contribution >= 4 is 11.9 Å². The third-order valence-corrected chi connectivity index (χ3v) is 8.10. The van der Waals surface area contributed by atoms with E-state index in [1.165, 1.54) is 141 Å². The molecule has 0 saturated heterocycles. The molecule has 0 radical (unpaired) electrons. The molecular weight excluding hydrogens is 532 g/mol. The van der Waals surface area contributed by atoms with E-state index < -0.39 is 0 Å². The normalized spacial score (nSPS) is 12.3. The smallest absolute Gasteiger partial charge is 0.306 e. The van der Waals surface area contributed by atoms with Crippen LogP contribution >= 0.6 is 0 Å². The van der Waals surface area contributed by atoms with Crippen molar-refractivity contribution in [3.63, 3.8) is 0 Å². The van der Waals surface area contributed by atoms with Gasteiger partial charge in [-0.3, -0.25) is 9.59 Å². The first-order chi connectivity index (χ1) is 21.1. The van der Waals surface area contributed by atoms with Gasteiger partial charge in [-0.05, 0) is 71.1 Å². The molecule has 0 spiro atoms. The van der Waals surface area contributed by atoms with Crippen molar-refractivity contribution in [2.45, 2.75) is 207 Å². The van der Waals surface area contributed by atoms with Gasteiger partial charge in [0, 0.05) is 12.8 Å². The minimum absolute atomic E-state index is 0.158. The number of allylic oxidation sites excluding steroid dienone is 4. The number of carbonyl (C=O) groups is 2. The monoisotopic (exact) mass is 605 g/mol. The minimum Gasteiger partial charge on any atom is -0.462 e. The lowest BCUT2D eigenvalue weighted by Crippen LogP contribution is -2.22. The second-order valence-corrected chi connectivity index (χ2v) is 12.7. The lowest BCUT2D eigenvalue weighted by Gasteiger charge is -2.13. The Morgan fingerprint density at radius 1 is 0.465 bits per heavy atom. The van der Waals surface area contributed by atoms with Crippen LogP contribution in [-0.2, 0) is 19.1 Å². The van der Waals surface area contributed by atoms with Gasteiger partial charge in [-0.1, -0.05) is 141 Å². The van der Waals surface area contributed by atoms with Crippen LogP contribution in [0.2, 0.25) is 0 Å². The minimum atomic E-state index is -0.379. The molecule has 0 amide bonds. The van der Waals surface area contributed by atoms with E-state index in [1.807, 2.05) is 0 Å². The number of unbranched alkanes of at least 4 members (excludes halogenated alkanes) is 22. The largest absolute Gasteiger partial charge is 0.462 e. The van der Waals surface area contributed by atoms with E-state index in [-0.39, 0.29) is 24.6 Å². The van der Waals surface area contributed by atoms with E-state index in [9.17, 15) is 9.59 Å². The molecule has 0 aliphatic rings. The van der Waals surface area contributed by atoms with Crippen molar-refractivity contribution in [3.05, 3.63) is 24.3 Å². The first-order valence-electron chi connectivity index (χ1n) is 18.7. The molecule has 0 bridgehead atoms. The molecule has 0 unspecified atom stereocenters. The predicted octanol–water partition coefficient (Wildman–Crippen LogP) is 12.5. The summed E-state index contributed by atoms with van der Waals surface area (Å²) in [7, 11) is 0. The molecule has 0 aliphatic heterocycles. The van der Waals surface area contributed by atoms with Crippen molar-refractivity contribution in [1.82, 2.24) is 0 Å². The molecule has 0 aromatic carbocycles. The lowest BCUT2D eigenvalue weighted by molar-refractivity contribution is -0.158. The highest BCUT2D eigenvalue weighted by molar-refractivity contribution is 5.70. The van der Waals surface area contributed by atoms with Crippen LogP contribution in [0.3, 0.4) is 0 Å². The maximum Gasteiger partial charge on any atom is 0.306 e. The predicted molar refractivity (Wildman–Crippen MR) is 185 cm³/mol. The fourth-order valence-corrected chi connectivity index (χ4v) is 5.28. The Balaban J connectivity index is 3.45. The van der Waals surface area contributed by atoms with Crippen molar-refractivity contribution in [1.29, 1.82) is 0 Å². The molecule has 43 heavy (non-hydrogen) atoms. The number of ether oxygens (including phenoxy) is 2. The van der Waals surface area contributed by atoms with Crippen LogP contribution in [-0.4, -0.2) is 24.6 Å². The Morgan fingerprint density at radius 2 is 0.791 bits per heavy atom. The second kappa shape index (κ2) is 34.9. The summed E-state index contributed by atoms with van der Waals surface area (Å²) < 4.78 is 10.7. The van der Waals surface area contributed by atoms with Crippen LogP contribution in [0.15, 0.2) is 24.3 Å². The fraction of sp³-hybridized carbons (Fsp3) is 0.846. The van der Waals surface area contributed by atoms with Gasteiger partial charge in [-0.25, -0.2) is 0 Å². The third-order valence-electron chi connectivity index (χ3n) is 8.10. The molecule has 0 saturated carbocycles. The zero-order valence-electron chi connectivity index (χ0n) is 29.0. The van der Waals surface area contributed by atoms with E-state index in [4.69, 9.17) is 9.47 Å². The highest BCUT2D eigenvalue weighted by atomic mass is 16.6. The number of hydrogen-bond acceptors (Lipinski definition) is 4. The number of rotatable bonds is 33. The molecule has 0 aliphatic carbocycles. The van der Waals surface area contributed by atoms with Gasteiger partial charge in [-0.2, -0.15) is 0 Å². The third kappa shape index (κ3) is 34.8. The molecule has 0 fully saturated rings. The first kappa shape index (κ1) is 41.4. The quantitative estimate of drug-likeness (QED) is 0.0425. The van der Waals surface area contributed by atoms with Crippen molar-refractivity contribution in [2.24, 2.45) is 0 Å². The Kier molecular flexibility index (Phi) is 33.6. The topological polar surface area (TPSA) is 52.6 Å². The highest BCUT2D eigenvalue weighted by Crippen LogP contribution is 2.13. The van der Waals surface area contributed by atoms with E-state index in [0.29, 0.717) is 12.8 Å². The zero-order valence-corrected chi connectivity index (χ0v) is 29.0. The molecule has 0 rings (SSSR count). The zero-order chi connectivity index (χ0) is 31.5. The summed E-state index contributed by atoms with van der Waals surface area (Å²) in [6.45, 7) is 6.48. The maximum atomic E-state index is 12.1. The summed E-state index contributed by atoms with van der Waals surface area (Å²) in [4.78, 5) is 24.1. The van der Waals surface area contributed by atoms with Crippen LogP contribution in [0, 0.1) is 0 Å². The number of carbonyl (C=O) groups excluding carboxylic acids is 2. The van der Waals surface area contributed by atoms with Crippen LogP contribution in [0.1, 0.15) is 201 Å². The maximum absolute atomic E-state index is 12.1. The Bertz CT molecular complexity index is 654. The summed E-state index contributed by atoms with van der Waals surface area (Å²) in [5.74, 6) is -0.358. The number of hydrogen-bond donors (Lipinski definition) is 0. The second-order valence-electron chi connectivity index (χ2n) is 12.7. The van der Waals surface area contributed by atoms with Crippen LogP contribution in [0.4, 0.5) is 0 Å². The van der Waals surface area contributed by atoms with Gasteiger partial charge in [0.05, 0.1) is 0 Å². The molecule has 0 aromatic heterocycles. The summed E-state index contributed by atoms with van der Waals surface area (Å²) in [6.07, 6.45) is 42.2. The highest BCUT2D eigenvalue weighted by Gasteiger charge is 2.12. The van der Waals surface area contributed by atoms with E-state index in [1.54, 1.807) is 6.92 Å². The summed E-state index contributed by atoms with van der Waals surface area (Å²) in [5, 5.41) is 0. The summed E-state index contributed by atoms with van der Waals surface area (Å²) in [5.41, 5.74) is 0. The molecule has 252 valence electrons. The molecule has 0 N–H and O–H groups in total. The molecule has 4 nitrogen and oxygen atoms in total. The van der Waals surface area contributed by atoms with Crippen molar-refractivity contribution < 1.29 is 19.1 Å². The van der Waals surface area contributed by atoms with Gasteiger partial charge >= 0.3 is 11.9 Å². The van der Waals surface area contributed by atoms with Gasteiger partial charge in [0.2, 0.25) is 0 Å². The average Bonchev–Trinajstić information content (AvgIpc) is 3.00. The van der Waals surface area contributed by atoms with Crippen LogP contribution < -0.4 is 0 Å². The molecule has 0 heterocycles. The standard InChI is InChI=1S/C39H72O4/c1-4-6-8-10-12-14-16-18-20-22-24-26-28-30-32-34-38(40)42-36-37(3)43-39(41)35-33-31-29-27-25-23-21-19-17-15-13-11-9-7-5-2/h12,14,19,21,37H,4-11,13,15-18,20,22-36H2,1-3H3/b14-12+,21-19+/t37-/m0/s1. The van der Waals surface area contributed by atoms with E-state index in [2.05, 4.69) is 38.2 Å². The average molecular weight is 605 g/mol. The van der Waals surface area contributed by atoms with E-state index in [0.717, 1.165) is 25.7 Å². The Morgan fingerprint density at radius 3 is 1.23 bits per heavy atom. The molecule has 4 heteroatoms. The summed E-state index contributed by atoms with van der Waals surface area (Å²) >= 11 is 0.